The van der Waals surface area contributed by atoms with E-state index in [0.717, 1.165) is 30.9 Å². The molecule has 0 spiro atoms. The van der Waals surface area contributed by atoms with Crippen molar-refractivity contribution < 1.29 is 0 Å². The number of nitriles is 1. The van der Waals surface area contributed by atoms with Crippen LogP contribution in [0.5, 0.6) is 0 Å². The van der Waals surface area contributed by atoms with Gasteiger partial charge in [-0.1, -0.05) is 42.6 Å². The van der Waals surface area contributed by atoms with Crippen molar-refractivity contribution in [3.8, 4) is 6.07 Å². The topological polar surface area (TPSA) is 73.9 Å². The highest BCUT2D eigenvalue weighted by atomic mass is 35.5. The Morgan fingerprint density at radius 2 is 1.91 bits per heavy atom. The predicted molar refractivity (Wildman–Crippen MR) is 143 cm³/mol. The van der Waals surface area contributed by atoms with Gasteiger partial charge in [-0.2, -0.15) is 10.4 Å². The van der Waals surface area contributed by atoms with Crippen molar-refractivity contribution in [3.05, 3.63) is 45.7 Å². The van der Waals surface area contributed by atoms with Crippen molar-refractivity contribution in [3.63, 3.8) is 0 Å². The first-order valence-corrected chi connectivity index (χ1v) is 12.8. The second kappa shape index (κ2) is 10.9. The molecule has 2 aliphatic heterocycles. The molecule has 7 nitrogen and oxygen atoms in total. The number of fused-ring (bicyclic) bond motifs is 1. The van der Waals surface area contributed by atoms with Crippen LogP contribution < -0.4 is 4.90 Å². The lowest BCUT2D eigenvalue weighted by atomic mass is 9.91. The molecule has 1 unspecified atom stereocenters. The van der Waals surface area contributed by atoms with Gasteiger partial charge in [0.05, 0.1) is 12.2 Å². The zero-order valence-electron chi connectivity index (χ0n) is 20.0. The molecule has 2 aliphatic rings. The molecule has 186 valence electrons. The summed E-state index contributed by atoms with van der Waals surface area (Å²) in [5.74, 6) is 1.38. The number of hydrogen-bond donors (Lipinski definition) is 0. The van der Waals surface area contributed by atoms with Crippen LogP contribution in [0.3, 0.4) is 0 Å². The van der Waals surface area contributed by atoms with Crippen molar-refractivity contribution in [1.29, 1.82) is 5.26 Å². The highest BCUT2D eigenvalue weighted by Crippen LogP contribution is 2.32. The van der Waals surface area contributed by atoms with Crippen molar-refractivity contribution in [1.82, 2.24) is 24.6 Å². The molecular weight excluding hydrogens is 505 g/mol. The third-order valence-corrected chi connectivity index (χ3v) is 7.88. The first kappa shape index (κ1) is 26.0. The lowest BCUT2D eigenvalue weighted by Crippen LogP contribution is -2.51. The monoisotopic (exact) mass is 533 g/mol. The Balaban J connectivity index is 0.00000289. The van der Waals surface area contributed by atoms with E-state index in [1.807, 2.05) is 13.0 Å². The molecule has 3 atom stereocenters. The second-order valence-corrected chi connectivity index (χ2v) is 10.4. The molecule has 1 aromatic carbocycles. The van der Waals surface area contributed by atoms with Gasteiger partial charge in [0.25, 0.3) is 0 Å². The van der Waals surface area contributed by atoms with Gasteiger partial charge in [-0.15, -0.1) is 12.4 Å². The average molecular weight is 535 g/mol. The average Bonchev–Trinajstić information content (AvgIpc) is 3.22. The van der Waals surface area contributed by atoms with Crippen LogP contribution in [0, 0.1) is 17.2 Å². The molecule has 3 aromatic rings. The van der Waals surface area contributed by atoms with E-state index in [-0.39, 0.29) is 24.1 Å². The van der Waals surface area contributed by atoms with Crippen molar-refractivity contribution in [2.45, 2.75) is 51.6 Å². The third-order valence-electron chi connectivity index (χ3n) is 7.32. The van der Waals surface area contributed by atoms with E-state index < -0.39 is 0 Å². The molecule has 0 N–H and O–H groups in total. The van der Waals surface area contributed by atoms with Gasteiger partial charge in [-0.05, 0) is 62.9 Å². The van der Waals surface area contributed by atoms with E-state index in [1.165, 1.54) is 32.4 Å². The molecule has 0 aliphatic carbocycles. The fourth-order valence-corrected chi connectivity index (χ4v) is 6.07. The van der Waals surface area contributed by atoms with Crippen molar-refractivity contribution in [2.24, 2.45) is 5.92 Å². The molecule has 0 bridgehead atoms. The molecule has 0 amide bonds. The molecule has 2 fully saturated rings. The maximum atomic E-state index is 9.65. The van der Waals surface area contributed by atoms with Gasteiger partial charge in [0.15, 0.2) is 11.3 Å². The Labute approximate surface area is 222 Å². The van der Waals surface area contributed by atoms with Crippen molar-refractivity contribution >= 4 is 52.6 Å². The van der Waals surface area contributed by atoms with Gasteiger partial charge in [0, 0.05) is 29.2 Å². The number of benzene rings is 1. The SMILES string of the molecule is CC(c1ccc(Cl)cc1Cl)n1nc(C#N)c2ncc(N3CC[C@H](N4CCCCC4)[C@H](C)C3)nc21.Cl. The summed E-state index contributed by atoms with van der Waals surface area (Å²) in [6, 6.07) is 7.98. The quantitative estimate of drug-likeness (QED) is 0.425. The third kappa shape index (κ3) is 5.08. The Bertz CT molecular complexity index is 1230. The van der Waals surface area contributed by atoms with Gasteiger partial charge < -0.3 is 4.90 Å². The molecule has 35 heavy (non-hydrogen) atoms. The lowest BCUT2D eigenvalue weighted by molar-refractivity contribution is 0.106. The molecule has 2 aromatic heterocycles. The molecule has 5 rings (SSSR count). The summed E-state index contributed by atoms with van der Waals surface area (Å²) in [5.41, 5.74) is 2.24. The van der Waals surface area contributed by atoms with Gasteiger partial charge in [0.1, 0.15) is 17.4 Å². The Hall–Kier alpha value is -2.11. The molecule has 4 heterocycles. The van der Waals surface area contributed by atoms with Gasteiger partial charge >= 0.3 is 0 Å². The highest BCUT2D eigenvalue weighted by Gasteiger charge is 2.32. The van der Waals surface area contributed by atoms with E-state index in [4.69, 9.17) is 28.2 Å². The minimum atomic E-state index is -0.234. The minimum Gasteiger partial charge on any atom is -0.355 e. The largest absolute Gasteiger partial charge is 0.355 e. The number of nitrogens with zero attached hydrogens (tertiary/aromatic N) is 7. The van der Waals surface area contributed by atoms with Crippen LogP contribution in [0.15, 0.2) is 24.4 Å². The predicted octanol–water partition coefficient (Wildman–Crippen LogP) is 5.74. The van der Waals surface area contributed by atoms with Crippen LogP contribution in [0.4, 0.5) is 5.82 Å². The lowest BCUT2D eigenvalue weighted by Gasteiger charge is -2.44. The van der Waals surface area contributed by atoms with Crippen LogP contribution in [-0.4, -0.2) is 56.9 Å². The van der Waals surface area contributed by atoms with Crippen LogP contribution in [0.1, 0.15) is 56.8 Å². The number of rotatable bonds is 4. The van der Waals surface area contributed by atoms with E-state index >= 15 is 0 Å². The van der Waals surface area contributed by atoms with E-state index in [9.17, 15) is 5.26 Å². The molecule has 2 saturated heterocycles. The summed E-state index contributed by atoms with van der Waals surface area (Å²) in [4.78, 5) is 14.6. The standard InChI is InChI=1S/C25H29Cl2N7.ClH/c1-16-15-33(11-8-22(16)32-9-4-3-5-10-32)23-14-29-24-21(13-28)31-34(25(24)30-23)17(2)19-7-6-18(26)12-20(19)27;/h6-7,12,14,16-17,22H,3-5,8-11,15H2,1-2H3;1H/t16-,17?,22+;/m1./s1. The number of aromatic nitrogens is 4. The van der Waals surface area contributed by atoms with Gasteiger partial charge in [-0.25, -0.2) is 14.6 Å². The summed E-state index contributed by atoms with van der Waals surface area (Å²) in [6.45, 7) is 8.68. The Morgan fingerprint density at radius 1 is 1.14 bits per heavy atom. The first-order chi connectivity index (χ1) is 16.5. The zero-order valence-corrected chi connectivity index (χ0v) is 22.3. The fourth-order valence-electron chi connectivity index (χ4n) is 5.50. The minimum absolute atomic E-state index is 0. The maximum absolute atomic E-state index is 9.65. The summed E-state index contributed by atoms with van der Waals surface area (Å²) in [7, 11) is 0. The maximum Gasteiger partial charge on any atom is 0.190 e. The molecule has 0 saturated carbocycles. The van der Waals surface area contributed by atoms with Crippen LogP contribution >= 0.6 is 35.6 Å². The smallest absolute Gasteiger partial charge is 0.190 e. The molecule has 10 heteroatoms. The Morgan fingerprint density at radius 3 is 2.60 bits per heavy atom. The zero-order chi connectivity index (χ0) is 23.8. The second-order valence-electron chi connectivity index (χ2n) is 9.52. The molecule has 0 radical (unpaired) electrons. The number of likely N-dealkylation sites (tertiary alicyclic amines) is 1. The van der Waals surface area contributed by atoms with E-state index in [2.05, 4.69) is 32.9 Å². The van der Waals surface area contributed by atoms with Gasteiger partial charge in [-0.3, -0.25) is 4.90 Å². The van der Waals surface area contributed by atoms with E-state index in [1.54, 1.807) is 23.0 Å². The number of halogens is 3. The summed E-state index contributed by atoms with van der Waals surface area (Å²) >= 11 is 12.6. The normalized spacial score (nSPS) is 22.0. The van der Waals surface area contributed by atoms with Crippen LogP contribution in [-0.2, 0) is 0 Å². The summed E-state index contributed by atoms with van der Waals surface area (Å²) < 4.78 is 1.75. The summed E-state index contributed by atoms with van der Waals surface area (Å²) in [6.07, 6.45) is 6.90. The number of piperidine rings is 2. The number of hydrogen-bond acceptors (Lipinski definition) is 6. The van der Waals surface area contributed by atoms with Crippen molar-refractivity contribution in [2.75, 3.05) is 31.1 Å². The Kier molecular flexibility index (Phi) is 8.07. The van der Waals surface area contributed by atoms with Crippen LogP contribution in [0.25, 0.3) is 11.2 Å². The molecular formula is C25H30Cl3N7. The first-order valence-electron chi connectivity index (χ1n) is 12.1. The van der Waals surface area contributed by atoms with Gasteiger partial charge in [0.2, 0.25) is 0 Å². The van der Waals surface area contributed by atoms with Crippen LogP contribution in [0.2, 0.25) is 10.0 Å². The number of anilines is 1. The van der Waals surface area contributed by atoms with E-state index in [0.29, 0.717) is 33.2 Å². The fraction of sp³-hybridized carbons (Fsp3) is 0.520. The highest BCUT2D eigenvalue weighted by molar-refractivity contribution is 6.35. The summed E-state index contributed by atoms with van der Waals surface area (Å²) in [5, 5.41) is 15.3.